The number of piperazine rings is 1. The molecule has 0 atom stereocenters. The van der Waals surface area contributed by atoms with Crippen LogP contribution in [0.25, 0.3) is 0 Å². The Labute approximate surface area is 132 Å². The van der Waals surface area contributed by atoms with E-state index in [4.69, 9.17) is 0 Å². The summed E-state index contributed by atoms with van der Waals surface area (Å²) in [4.78, 5) is 15.3. The Kier molecular flexibility index (Phi) is 5.59. The van der Waals surface area contributed by atoms with Crippen molar-refractivity contribution in [3.63, 3.8) is 0 Å². The molecule has 1 heterocycles. The van der Waals surface area contributed by atoms with Gasteiger partial charge in [-0.25, -0.2) is 4.39 Å². The second kappa shape index (κ2) is 7.27. The molecule has 0 aromatic heterocycles. The second-order valence-corrected chi connectivity index (χ2v) is 5.60. The minimum Gasteiger partial charge on any atom is -0.339 e. The molecule has 128 valence electrons. The highest BCUT2D eigenvalue weighted by Gasteiger charge is 2.34. The minimum atomic E-state index is -4.62. The average Bonchev–Trinajstić information content (AvgIpc) is 2.49. The van der Waals surface area contributed by atoms with Gasteiger partial charge in [0.1, 0.15) is 5.82 Å². The number of hydrogen-bond donors (Lipinski definition) is 1. The van der Waals surface area contributed by atoms with Crippen LogP contribution in [0.3, 0.4) is 0 Å². The van der Waals surface area contributed by atoms with Gasteiger partial charge in [0.15, 0.2) is 0 Å². The van der Waals surface area contributed by atoms with Gasteiger partial charge in [-0.05, 0) is 24.7 Å². The highest BCUT2D eigenvalue weighted by atomic mass is 19.4. The van der Waals surface area contributed by atoms with Crippen molar-refractivity contribution in [2.24, 2.45) is 0 Å². The number of nitrogens with one attached hydrogen (secondary N) is 1. The molecule has 8 heteroatoms. The van der Waals surface area contributed by atoms with E-state index in [1.807, 2.05) is 0 Å². The van der Waals surface area contributed by atoms with Gasteiger partial charge < -0.3 is 10.2 Å². The van der Waals surface area contributed by atoms with Crippen molar-refractivity contribution in [3.8, 4) is 0 Å². The van der Waals surface area contributed by atoms with Crippen molar-refractivity contribution in [3.05, 3.63) is 35.1 Å². The molecule has 0 saturated carbocycles. The predicted octanol–water partition coefficient (Wildman–Crippen LogP) is 1.71. The Morgan fingerprint density at radius 3 is 2.57 bits per heavy atom. The van der Waals surface area contributed by atoms with Gasteiger partial charge in [0.2, 0.25) is 5.91 Å². The van der Waals surface area contributed by atoms with Gasteiger partial charge in [-0.1, -0.05) is 6.07 Å². The normalized spacial score (nSPS) is 16.0. The van der Waals surface area contributed by atoms with Crippen LogP contribution < -0.4 is 5.32 Å². The van der Waals surface area contributed by atoms with E-state index in [0.29, 0.717) is 32.2 Å². The lowest BCUT2D eigenvalue weighted by Crippen LogP contribution is -2.49. The van der Waals surface area contributed by atoms with Crippen molar-refractivity contribution < 1.29 is 22.4 Å². The van der Waals surface area contributed by atoms with E-state index < -0.39 is 17.6 Å². The van der Waals surface area contributed by atoms with Crippen LogP contribution in [0.4, 0.5) is 17.6 Å². The first kappa shape index (κ1) is 17.7. The smallest absolute Gasteiger partial charge is 0.339 e. The summed E-state index contributed by atoms with van der Waals surface area (Å²) in [7, 11) is 1.57. The standard InChI is InChI=1S/C15H19F4N3O/c1-21(10-14(23)22-6-4-20-5-7-22)9-11-2-3-12(16)8-13(11)15(17,18)19/h2-3,8,20H,4-7,9-10H2,1H3. The predicted molar refractivity (Wildman–Crippen MR) is 77.2 cm³/mol. The lowest BCUT2D eigenvalue weighted by molar-refractivity contribution is -0.138. The molecule has 4 nitrogen and oxygen atoms in total. The van der Waals surface area contributed by atoms with Crippen LogP contribution in [0.1, 0.15) is 11.1 Å². The summed E-state index contributed by atoms with van der Waals surface area (Å²) >= 11 is 0. The molecule has 1 amide bonds. The number of carbonyl (C=O) groups is 1. The molecule has 1 aliphatic heterocycles. The van der Waals surface area contributed by atoms with Crippen molar-refractivity contribution in [1.82, 2.24) is 15.1 Å². The van der Waals surface area contributed by atoms with Crippen LogP contribution in [0.5, 0.6) is 0 Å². The summed E-state index contributed by atoms with van der Waals surface area (Å²) in [5, 5.41) is 3.12. The van der Waals surface area contributed by atoms with E-state index in [1.54, 1.807) is 11.9 Å². The topological polar surface area (TPSA) is 35.6 Å². The number of nitrogens with zero attached hydrogens (tertiary/aromatic N) is 2. The Hall–Kier alpha value is -1.67. The van der Waals surface area contributed by atoms with Crippen molar-refractivity contribution in [1.29, 1.82) is 0 Å². The molecule has 1 saturated heterocycles. The molecule has 0 unspecified atom stereocenters. The Morgan fingerprint density at radius 1 is 1.30 bits per heavy atom. The molecular formula is C15H19F4N3O. The van der Waals surface area contributed by atoms with E-state index in [9.17, 15) is 22.4 Å². The molecule has 0 radical (unpaired) electrons. The number of hydrogen-bond acceptors (Lipinski definition) is 3. The van der Waals surface area contributed by atoms with Crippen LogP contribution in [0.15, 0.2) is 18.2 Å². The quantitative estimate of drug-likeness (QED) is 0.852. The summed E-state index contributed by atoms with van der Waals surface area (Å²) in [5.74, 6) is -1.05. The maximum Gasteiger partial charge on any atom is 0.416 e. The number of halogens is 4. The zero-order valence-electron chi connectivity index (χ0n) is 12.8. The number of carbonyl (C=O) groups excluding carboxylic acids is 1. The van der Waals surface area contributed by atoms with Gasteiger partial charge >= 0.3 is 6.18 Å². The number of amides is 1. The Bertz CT molecular complexity index is 556. The van der Waals surface area contributed by atoms with E-state index in [-0.39, 0.29) is 24.6 Å². The van der Waals surface area contributed by atoms with Crippen LogP contribution in [0, 0.1) is 5.82 Å². The van der Waals surface area contributed by atoms with Gasteiger partial charge in [-0.15, -0.1) is 0 Å². The molecule has 1 N–H and O–H groups in total. The van der Waals surface area contributed by atoms with Gasteiger partial charge in [0.05, 0.1) is 12.1 Å². The third-order valence-electron chi connectivity index (χ3n) is 3.69. The molecule has 1 aromatic rings. The molecule has 2 rings (SSSR count). The number of alkyl halides is 3. The van der Waals surface area contributed by atoms with Gasteiger partial charge in [-0.3, -0.25) is 9.69 Å². The summed E-state index contributed by atoms with van der Waals surface area (Å²) < 4.78 is 52.0. The van der Waals surface area contributed by atoms with Gasteiger partial charge in [-0.2, -0.15) is 13.2 Å². The number of rotatable bonds is 4. The van der Waals surface area contributed by atoms with Crippen LogP contribution >= 0.6 is 0 Å². The van der Waals surface area contributed by atoms with Crippen molar-refractivity contribution in [2.45, 2.75) is 12.7 Å². The first-order chi connectivity index (χ1) is 10.8. The monoisotopic (exact) mass is 333 g/mol. The lowest BCUT2D eigenvalue weighted by atomic mass is 10.1. The number of benzene rings is 1. The highest BCUT2D eigenvalue weighted by molar-refractivity contribution is 5.78. The highest BCUT2D eigenvalue weighted by Crippen LogP contribution is 2.33. The molecule has 1 fully saturated rings. The molecule has 1 aromatic carbocycles. The minimum absolute atomic E-state index is 0.0225. The molecule has 0 aliphatic carbocycles. The third-order valence-corrected chi connectivity index (χ3v) is 3.69. The average molecular weight is 333 g/mol. The van der Waals surface area contributed by atoms with E-state index in [2.05, 4.69) is 5.32 Å². The molecular weight excluding hydrogens is 314 g/mol. The number of likely N-dealkylation sites (N-methyl/N-ethyl adjacent to an activating group) is 1. The van der Waals surface area contributed by atoms with Crippen LogP contribution in [-0.4, -0.2) is 55.5 Å². The lowest BCUT2D eigenvalue weighted by Gasteiger charge is -2.29. The SMILES string of the molecule is CN(CC(=O)N1CCNCC1)Cc1ccc(F)cc1C(F)(F)F. The molecule has 0 bridgehead atoms. The van der Waals surface area contributed by atoms with E-state index in [0.717, 1.165) is 12.1 Å². The maximum absolute atomic E-state index is 13.1. The summed E-state index contributed by atoms with van der Waals surface area (Å²) in [6.07, 6.45) is -4.62. The van der Waals surface area contributed by atoms with Crippen molar-refractivity contribution in [2.75, 3.05) is 39.8 Å². The van der Waals surface area contributed by atoms with Gasteiger partial charge in [0, 0.05) is 32.7 Å². The van der Waals surface area contributed by atoms with Gasteiger partial charge in [0.25, 0.3) is 0 Å². The summed E-state index contributed by atoms with van der Waals surface area (Å²) in [6, 6.07) is 2.60. The largest absolute Gasteiger partial charge is 0.416 e. The first-order valence-corrected chi connectivity index (χ1v) is 7.30. The Balaban J connectivity index is 2.02. The first-order valence-electron chi connectivity index (χ1n) is 7.30. The summed E-state index contributed by atoms with van der Waals surface area (Å²) in [6.45, 7) is 2.56. The second-order valence-electron chi connectivity index (χ2n) is 5.60. The molecule has 23 heavy (non-hydrogen) atoms. The van der Waals surface area contributed by atoms with Crippen LogP contribution in [-0.2, 0) is 17.5 Å². The fraction of sp³-hybridized carbons (Fsp3) is 0.533. The zero-order valence-corrected chi connectivity index (χ0v) is 12.8. The summed E-state index contributed by atoms with van der Waals surface area (Å²) in [5.41, 5.74) is -1.05. The molecule has 1 aliphatic rings. The van der Waals surface area contributed by atoms with E-state index in [1.165, 1.54) is 4.90 Å². The zero-order chi connectivity index (χ0) is 17.0. The van der Waals surface area contributed by atoms with E-state index >= 15 is 0 Å². The van der Waals surface area contributed by atoms with Crippen molar-refractivity contribution >= 4 is 5.91 Å². The fourth-order valence-corrected chi connectivity index (χ4v) is 2.54. The Morgan fingerprint density at radius 2 is 1.96 bits per heavy atom. The molecule has 0 spiro atoms. The third kappa shape index (κ3) is 4.90. The van der Waals surface area contributed by atoms with Crippen LogP contribution in [0.2, 0.25) is 0 Å². The fourth-order valence-electron chi connectivity index (χ4n) is 2.54. The maximum atomic E-state index is 13.1.